The minimum atomic E-state index is -0.158. The minimum absolute atomic E-state index is 0.121. The van der Waals surface area contributed by atoms with Crippen LogP contribution in [-0.4, -0.2) is 44.8 Å². The van der Waals surface area contributed by atoms with Gasteiger partial charge in [0, 0.05) is 30.7 Å². The van der Waals surface area contributed by atoms with Crippen LogP contribution >= 0.6 is 0 Å². The van der Waals surface area contributed by atoms with Gasteiger partial charge in [0.2, 0.25) is 5.91 Å². The van der Waals surface area contributed by atoms with Gasteiger partial charge in [-0.25, -0.2) is 4.98 Å². The standard InChI is InChI=1S/C22H32N4O2/c1-15-13-24-20(14-23-15)22(28)25-17-11-18-8-9-19(12-17)26(18)21(27)10-7-16-5-3-2-4-6-16/h13-14,16-19H,2-12H2,1H3,(H,25,28). The summed E-state index contributed by atoms with van der Waals surface area (Å²) in [5.74, 6) is 0.934. The van der Waals surface area contributed by atoms with E-state index in [1.807, 2.05) is 6.92 Å². The van der Waals surface area contributed by atoms with E-state index in [-0.39, 0.29) is 24.0 Å². The van der Waals surface area contributed by atoms with Crippen molar-refractivity contribution in [2.45, 2.75) is 95.7 Å². The highest BCUT2D eigenvalue weighted by Gasteiger charge is 2.43. The Morgan fingerprint density at radius 2 is 1.75 bits per heavy atom. The molecule has 0 radical (unpaired) electrons. The van der Waals surface area contributed by atoms with E-state index in [4.69, 9.17) is 0 Å². The van der Waals surface area contributed by atoms with Crippen molar-refractivity contribution in [3.8, 4) is 0 Å². The lowest BCUT2D eigenvalue weighted by atomic mass is 9.86. The van der Waals surface area contributed by atoms with Crippen molar-refractivity contribution in [3.63, 3.8) is 0 Å². The Balaban J connectivity index is 1.29. The first kappa shape index (κ1) is 19.3. The fourth-order valence-electron chi connectivity index (χ4n) is 5.40. The van der Waals surface area contributed by atoms with Gasteiger partial charge in [0.25, 0.3) is 5.91 Å². The normalized spacial score (nSPS) is 27.6. The third kappa shape index (κ3) is 4.36. The first-order chi connectivity index (χ1) is 13.6. The lowest BCUT2D eigenvalue weighted by Crippen LogP contribution is -2.52. The van der Waals surface area contributed by atoms with Gasteiger partial charge in [-0.1, -0.05) is 32.1 Å². The molecule has 4 rings (SSSR count). The number of aromatic nitrogens is 2. The predicted octanol–water partition coefficient (Wildman–Crippen LogP) is 3.40. The molecule has 2 saturated heterocycles. The molecule has 6 nitrogen and oxygen atoms in total. The Morgan fingerprint density at radius 3 is 2.39 bits per heavy atom. The third-order valence-corrected chi connectivity index (χ3v) is 6.86. The second-order valence-electron chi connectivity index (χ2n) is 8.91. The van der Waals surface area contributed by atoms with Crippen molar-refractivity contribution in [1.82, 2.24) is 20.2 Å². The van der Waals surface area contributed by atoms with Gasteiger partial charge in [0.1, 0.15) is 5.69 Å². The summed E-state index contributed by atoms with van der Waals surface area (Å²) in [5, 5.41) is 3.12. The Kier molecular flexibility index (Phi) is 5.93. The van der Waals surface area contributed by atoms with E-state index in [1.54, 1.807) is 6.20 Å². The lowest BCUT2D eigenvalue weighted by Gasteiger charge is -2.39. The molecule has 0 spiro atoms. The summed E-state index contributed by atoms with van der Waals surface area (Å²) in [6.45, 7) is 1.85. The van der Waals surface area contributed by atoms with E-state index in [1.165, 1.54) is 38.3 Å². The van der Waals surface area contributed by atoms with E-state index >= 15 is 0 Å². The van der Waals surface area contributed by atoms with Gasteiger partial charge < -0.3 is 10.2 Å². The van der Waals surface area contributed by atoms with Crippen LogP contribution in [-0.2, 0) is 4.79 Å². The average Bonchev–Trinajstić information content (AvgIpc) is 2.98. The highest BCUT2D eigenvalue weighted by atomic mass is 16.2. The topological polar surface area (TPSA) is 75.2 Å². The highest BCUT2D eigenvalue weighted by molar-refractivity contribution is 5.92. The van der Waals surface area contributed by atoms with Crippen LogP contribution in [0.15, 0.2) is 12.4 Å². The van der Waals surface area contributed by atoms with Crippen LogP contribution in [0.1, 0.15) is 86.8 Å². The zero-order chi connectivity index (χ0) is 19.5. The molecule has 2 unspecified atom stereocenters. The number of hydrogen-bond acceptors (Lipinski definition) is 4. The van der Waals surface area contributed by atoms with Gasteiger partial charge in [-0.05, 0) is 44.9 Å². The molecule has 1 aromatic rings. The highest BCUT2D eigenvalue weighted by Crippen LogP contribution is 2.37. The molecule has 28 heavy (non-hydrogen) atoms. The predicted molar refractivity (Wildman–Crippen MR) is 107 cm³/mol. The summed E-state index contributed by atoms with van der Waals surface area (Å²) in [4.78, 5) is 35.8. The van der Waals surface area contributed by atoms with Crippen LogP contribution in [0.25, 0.3) is 0 Å². The average molecular weight is 385 g/mol. The van der Waals surface area contributed by atoms with E-state index in [0.29, 0.717) is 18.0 Å². The fourth-order valence-corrected chi connectivity index (χ4v) is 5.40. The maximum Gasteiger partial charge on any atom is 0.271 e. The molecule has 152 valence electrons. The summed E-state index contributed by atoms with van der Waals surface area (Å²) < 4.78 is 0. The Bertz CT molecular complexity index is 685. The Morgan fingerprint density at radius 1 is 1.04 bits per heavy atom. The van der Waals surface area contributed by atoms with Gasteiger partial charge in [-0.2, -0.15) is 0 Å². The first-order valence-corrected chi connectivity index (χ1v) is 11.0. The molecule has 1 aromatic heterocycles. The molecule has 1 N–H and O–H groups in total. The summed E-state index contributed by atoms with van der Waals surface area (Å²) in [5.41, 5.74) is 1.17. The summed E-state index contributed by atoms with van der Waals surface area (Å²) in [6.07, 6.45) is 15.4. The van der Waals surface area contributed by atoms with Crippen LogP contribution in [0.3, 0.4) is 0 Å². The molecule has 2 bridgehead atoms. The van der Waals surface area contributed by atoms with E-state index < -0.39 is 0 Å². The van der Waals surface area contributed by atoms with Crippen molar-refractivity contribution in [1.29, 1.82) is 0 Å². The second kappa shape index (κ2) is 8.58. The van der Waals surface area contributed by atoms with Gasteiger partial charge in [0.15, 0.2) is 0 Å². The molecule has 2 aliphatic heterocycles. The van der Waals surface area contributed by atoms with Crippen LogP contribution < -0.4 is 5.32 Å². The number of carbonyl (C=O) groups is 2. The number of aryl methyl sites for hydroxylation is 1. The van der Waals surface area contributed by atoms with Crippen molar-refractivity contribution in [2.75, 3.05) is 0 Å². The van der Waals surface area contributed by atoms with Crippen molar-refractivity contribution < 1.29 is 9.59 Å². The number of amides is 2. The van der Waals surface area contributed by atoms with E-state index in [9.17, 15) is 9.59 Å². The van der Waals surface area contributed by atoms with Gasteiger partial charge in [-0.3, -0.25) is 14.6 Å². The third-order valence-electron chi connectivity index (χ3n) is 6.86. The molecule has 3 heterocycles. The molecule has 3 aliphatic rings. The number of nitrogens with one attached hydrogen (secondary N) is 1. The van der Waals surface area contributed by atoms with Crippen LogP contribution in [0, 0.1) is 12.8 Å². The van der Waals surface area contributed by atoms with Crippen molar-refractivity contribution in [2.24, 2.45) is 5.92 Å². The van der Waals surface area contributed by atoms with E-state index in [0.717, 1.165) is 43.7 Å². The number of piperidine rings is 1. The smallest absolute Gasteiger partial charge is 0.271 e. The SMILES string of the molecule is Cc1cnc(C(=O)NC2CC3CCC(C2)N3C(=O)CCC2CCCCC2)cn1. The van der Waals surface area contributed by atoms with Crippen LogP contribution in [0.5, 0.6) is 0 Å². The molecule has 0 aromatic carbocycles. The number of rotatable bonds is 5. The fraction of sp³-hybridized carbons (Fsp3) is 0.727. The Hall–Kier alpha value is -1.98. The first-order valence-electron chi connectivity index (χ1n) is 11.0. The van der Waals surface area contributed by atoms with Crippen LogP contribution in [0.2, 0.25) is 0 Å². The second-order valence-corrected chi connectivity index (χ2v) is 8.91. The van der Waals surface area contributed by atoms with Crippen molar-refractivity contribution in [3.05, 3.63) is 23.8 Å². The summed E-state index contributed by atoms with van der Waals surface area (Å²) in [7, 11) is 0. The maximum atomic E-state index is 12.9. The number of hydrogen-bond donors (Lipinski definition) is 1. The van der Waals surface area contributed by atoms with E-state index in [2.05, 4.69) is 20.2 Å². The van der Waals surface area contributed by atoms with Crippen molar-refractivity contribution >= 4 is 11.8 Å². The van der Waals surface area contributed by atoms with Gasteiger partial charge in [0.05, 0.1) is 11.9 Å². The zero-order valence-electron chi connectivity index (χ0n) is 16.9. The van der Waals surface area contributed by atoms with Gasteiger partial charge in [-0.15, -0.1) is 0 Å². The molecule has 6 heteroatoms. The van der Waals surface area contributed by atoms with Gasteiger partial charge >= 0.3 is 0 Å². The zero-order valence-corrected chi connectivity index (χ0v) is 16.9. The number of fused-ring (bicyclic) bond motifs is 2. The molecular weight excluding hydrogens is 352 g/mol. The summed E-state index contributed by atoms with van der Waals surface area (Å²) in [6, 6.07) is 0.689. The monoisotopic (exact) mass is 384 g/mol. The maximum absolute atomic E-state index is 12.9. The quantitative estimate of drug-likeness (QED) is 0.844. The molecule has 2 amide bonds. The molecule has 1 aliphatic carbocycles. The lowest BCUT2D eigenvalue weighted by molar-refractivity contribution is -0.136. The molecule has 3 fully saturated rings. The molecule has 2 atom stereocenters. The number of carbonyl (C=O) groups excluding carboxylic acids is 2. The minimum Gasteiger partial charge on any atom is -0.348 e. The Labute approximate surface area is 167 Å². The van der Waals surface area contributed by atoms with Crippen LogP contribution in [0.4, 0.5) is 0 Å². The summed E-state index contributed by atoms with van der Waals surface area (Å²) >= 11 is 0. The number of nitrogens with zero attached hydrogens (tertiary/aromatic N) is 3. The molecule has 1 saturated carbocycles. The molecular formula is C22H32N4O2. The largest absolute Gasteiger partial charge is 0.348 e.